The molecule has 0 atom stereocenters. The van der Waals surface area contributed by atoms with Crippen molar-refractivity contribution >= 4 is 40.7 Å². The van der Waals surface area contributed by atoms with Gasteiger partial charge in [0, 0.05) is 31.4 Å². The summed E-state index contributed by atoms with van der Waals surface area (Å²) in [5.41, 5.74) is 1.08. The van der Waals surface area contributed by atoms with Crippen LogP contribution in [0, 0.1) is 5.92 Å². The molecule has 134 valence electrons. The molecular formula is C19H28Cl2N2S. The minimum absolute atomic E-state index is 0.650. The summed E-state index contributed by atoms with van der Waals surface area (Å²) in [7, 11) is 0. The third-order valence-electron chi connectivity index (χ3n) is 5.62. The Kier molecular flexibility index (Phi) is 7.03. The highest BCUT2D eigenvalue weighted by Crippen LogP contribution is 2.34. The van der Waals surface area contributed by atoms with Crippen molar-refractivity contribution < 1.29 is 0 Å². The quantitative estimate of drug-likeness (QED) is 0.665. The molecule has 0 aromatic heterocycles. The van der Waals surface area contributed by atoms with Gasteiger partial charge >= 0.3 is 0 Å². The van der Waals surface area contributed by atoms with Gasteiger partial charge in [-0.3, -0.25) is 4.90 Å². The molecule has 0 unspecified atom stereocenters. The van der Waals surface area contributed by atoms with Crippen LogP contribution in [-0.2, 0) is 0 Å². The molecule has 2 aliphatic rings. The minimum Gasteiger partial charge on any atom is -0.368 e. The van der Waals surface area contributed by atoms with Crippen molar-refractivity contribution in [2.75, 3.05) is 43.9 Å². The molecule has 1 saturated heterocycles. The number of rotatable bonds is 5. The molecule has 1 aliphatic carbocycles. The zero-order chi connectivity index (χ0) is 16.9. The van der Waals surface area contributed by atoms with Crippen LogP contribution in [0.25, 0.3) is 0 Å². The van der Waals surface area contributed by atoms with Crippen molar-refractivity contribution in [2.45, 2.75) is 37.4 Å². The van der Waals surface area contributed by atoms with Gasteiger partial charge in [0.1, 0.15) is 0 Å². The van der Waals surface area contributed by atoms with Gasteiger partial charge in [-0.05, 0) is 63.0 Å². The van der Waals surface area contributed by atoms with E-state index in [0.29, 0.717) is 10.0 Å². The zero-order valence-corrected chi connectivity index (χ0v) is 16.8. The molecule has 0 bridgehead atoms. The normalized spacial score (nSPS) is 25.9. The van der Waals surface area contributed by atoms with E-state index in [9.17, 15) is 0 Å². The Bertz CT molecular complexity index is 524. The van der Waals surface area contributed by atoms with E-state index < -0.39 is 0 Å². The van der Waals surface area contributed by atoms with Crippen LogP contribution in [0.15, 0.2) is 18.2 Å². The van der Waals surface area contributed by atoms with Crippen LogP contribution in [-0.4, -0.2) is 49.1 Å². The number of thioether (sulfide) groups is 1. The molecule has 1 aromatic rings. The Labute approximate surface area is 160 Å². The first kappa shape index (κ1) is 18.7. The monoisotopic (exact) mass is 386 g/mol. The van der Waals surface area contributed by atoms with Crippen LogP contribution < -0.4 is 4.90 Å². The van der Waals surface area contributed by atoms with Gasteiger partial charge in [0.05, 0.1) is 15.7 Å². The summed E-state index contributed by atoms with van der Waals surface area (Å²) < 4.78 is 0. The third kappa shape index (κ3) is 4.75. The Morgan fingerprint density at radius 2 is 1.75 bits per heavy atom. The van der Waals surface area contributed by atoms with Crippen LogP contribution in [0.4, 0.5) is 5.69 Å². The summed E-state index contributed by atoms with van der Waals surface area (Å²) >= 11 is 14.6. The van der Waals surface area contributed by atoms with Gasteiger partial charge in [0.2, 0.25) is 0 Å². The smallest absolute Gasteiger partial charge is 0.0825 e. The highest BCUT2D eigenvalue weighted by Gasteiger charge is 2.23. The van der Waals surface area contributed by atoms with Crippen molar-refractivity contribution in [2.24, 2.45) is 5.92 Å². The highest BCUT2D eigenvalue weighted by atomic mass is 35.5. The number of benzene rings is 1. The molecule has 1 aromatic carbocycles. The number of halogens is 2. The molecule has 1 heterocycles. The van der Waals surface area contributed by atoms with Crippen LogP contribution >= 0.6 is 35.0 Å². The largest absolute Gasteiger partial charge is 0.368 e. The molecule has 0 spiro atoms. The fourth-order valence-corrected chi connectivity index (χ4v) is 5.13. The maximum Gasteiger partial charge on any atom is 0.0825 e. The Hall–Kier alpha value is -0.0900. The van der Waals surface area contributed by atoms with Crippen LogP contribution in [0.2, 0.25) is 10.0 Å². The van der Waals surface area contributed by atoms with Crippen molar-refractivity contribution in [3.8, 4) is 0 Å². The second-order valence-electron chi connectivity index (χ2n) is 7.07. The minimum atomic E-state index is 0.650. The standard InChI is InChI=1S/C19H28Cl2N2S/c1-24-16-7-5-15(6-8-16)9-10-22-11-13-23(14-12-22)18-4-2-3-17(20)19(18)21/h2-4,15-16H,5-14H2,1H3. The van der Waals surface area contributed by atoms with Crippen LogP contribution in [0.1, 0.15) is 32.1 Å². The lowest BCUT2D eigenvalue weighted by atomic mass is 9.86. The summed E-state index contributed by atoms with van der Waals surface area (Å²) in [5, 5.41) is 2.27. The lowest BCUT2D eigenvalue weighted by Crippen LogP contribution is -2.47. The number of hydrogen-bond donors (Lipinski definition) is 0. The number of piperazine rings is 1. The molecule has 5 heteroatoms. The Balaban J connectivity index is 1.42. The Morgan fingerprint density at radius 3 is 2.42 bits per heavy atom. The van der Waals surface area contributed by atoms with Gasteiger partial charge in [-0.1, -0.05) is 29.3 Å². The summed E-state index contributed by atoms with van der Waals surface area (Å²) in [6, 6.07) is 5.92. The molecule has 2 nitrogen and oxygen atoms in total. The van der Waals surface area contributed by atoms with Crippen molar-refractivity contribution in [3.63, 3.8) is 0 Å². The summed E-state index contributed by atoms with van der Waals surface area (Å²) in [5.74, 6) is 0.953. The summed E-state index contributed by atoms with van der Waals surface area (Å²) in [4.78, 5) is 4.99. The predicted octanol–water partition coefficient (Wildman–Crippen LogP) is 5.43. The van der Waals surface area contributed by atoms with E-state index in [1.54, 1.807) is 0 Å². The predicted molar refractivity (Wildman–Crippen MR) is 109 cm³/mol. The highest BCUT2D eigenvalue weighted by molar-refractivity contribution is 7.99. The maximum absolute atomic E-state index is 6.36. The second-order valence-corrected chi connectivity index (χ2v) is 8.99. The summed E-state index contributed by atoms with van der Waals surface area (Å²) in [6.45, 7) is 5.59. The summed E-state index contributed by atoms with van der Waals surface area (Å²) in [6.07, 6.45) is 9.35. The van der Waals surface area contributed by atoms with Crippen molar-refractivity contribution in [1.82, 2.24) is 4.90 Å². The lowest BCUT2D eigenvalue weighted by molar-refractivity contribution is 0.222. The number of nitrogens with zero attached hydrogens (tertiary/aromatic N) is 2. The van der Waals surface area contributed by atoms with Gasteiger partial charge < -0.3 is 4.90 Å². The molecule has 0 amide bonds. The average Bonchev–Trinajstić information content (AvgIpc) is 2.63. The fourth-order valence-electron chi connectivity index (χ4n) is 3.97. The SMILES string of the molecule is CSC1CCC(CCN2CCN(c3cccc(Cl)c3Cl)CC2)CC1. The maximum atomic E-state index is 6.36. The molecule has 2 fully saturated rings. The second kappa shape index (κ2) is 9.02. The van der Waals surface area contributed by atoms with Gasteiger partial charge in [-0.15, -0.1) is 0 Å². The first-order valence-electron chi connectivity index (χ1n) is 9.11. The van der Waals surface area contributed by atoms with E-state index in [1.807, 2.05) is 12.1 Å². The molecule has 24 heavy (non-hydrogen) atoms. The third-order valence-corrected chi connectivity index (χ3v) is 7.57. The van der Waals surface area contributed by atoms with Crippen molar-refractivity contribution in [1.29, 1.82) is 0 Å². The van der Waals surface area contributed by atoms with Gasteiger partial charge in [0.15, 0.2) is 0 Å². The van der Waals surface area contributed by atoms with Gasteiger partial charge in [0.25, 0.3) is 0 Å². The van der Waals surface area contributed by atoms with E-state index in [2.05, 4.69) is 33.9 Å². The zero-order valence-electron chi connectivity index (χ0n) is 14.5. The molecular weight excluding hydrogens is 359 g/mol. The van der Waals surface area contributed by atoms with Gasteiger partial charge in [-0.2, -0.15) is 11.8 Å². The van der Waals surface area contributed by atoms with E-state index in [4.69, 9.17) is 23.2 Å². The molecule has 1 aliphatic heterocycles. The Morgan fingerprint density at radius 1 is 1.04 bits per heavy atom. The van der Waals surface area contributed by atoms with Crippen molar-refractivity contribution in [3.05, 3.63) is 28.2 Å². The lowest BCUT2D eigenvalue weighted by Gasteiger charge is -2.37. The molecule has 3 rings (SSSR count). The molecule has 1 saturated carbocycles. The average molecular weight is 387 g/mol. The first-order chi connectivity index (χ1) is 11.7. The van der Waals surface area contributed by atoms with Crippen LogP contribution in [0.5, 0.6) is 0 Å². The van der Waals surface area contributed by atoms with E-state index in [-0.39, 0.29) is 0 Å². The number of anilines is 1. The first-order valence-corrected chi connectivity index (χ1v) is 11.2. The molecule has 0 radical (unpaired) electrons. The topological polar surface area (TPSA) is 6.48 Å². The van der Waals surface area contributed by atoms with E-state index >= 15 is 0 Å². The van der Waals surface area contributed by atoms with E-state index in [1.165, 1.54) is 38.6 Å². The van der Waals surface area contributed by atoms with Gasteiger partial charge in [-0.25, -0.2) is 0 Å². The van der Waals surface area contributed by atoms with Crippen LogP contribution in [0.3, 0.4) is 0 Å². The molecule has 0 N–H and O–H groups in total. The van der Waals surface area contributed by atoms with E-state index in [0.717, 1.165) is 43.0 Å². The fraction of sp³-hybridized carbons (Fsp3) is 0.684. The number of hydrogen-bond acceptors (Lipinski definition) is 3.